The summed E-state index contributed by atoms with van der Waals surface area (Å²) >= 11 is 1.54. The van der Waals surface area contributed by atoms with Crippen molar-refractivity contribution in [2.24, 2.45) is 0 Å². The lowest BCUT2D eigenvalue weighted by Crippen LogP contribution is -2.21. The molecule has 182 valence electrons. The van der Waals surface area contributed by atoms with Crippen LogP contribution in [0.3, 0.4) is 0 Å². The summed E-state index contributed by atoms with van der Waals surface area (Å²) < 4.78 is 37.2. The summed E-state index contributed by atoms with van der Waals surface area (Å²) in [5, 5.41) is 17.7. The average Bonchev–Trinajstić information content (AvgIpc) is 3.52. The lowest BCUT2D eigenvalue weighted by atomic mass is 10.1. The third-order valence-electron chi connectivity index (χ3n) is 4.66. The number of hydrogen-bond acceptors (Lipinski definition) is 7. The van der Waals surface area contributed by atoms with Crippen LogP contribution in [-0.2, 0) is 4.79 Å². The second-order valence-corrected chi connectivity index (χ2v) is 8.00. The SMILES string of the molecule is O=C(Nc1cccnc1)c1ccc2onc(-c3csc(-c4ccccc4)n3)c2c1.O=C(O)C(F)(F)F. The molecule has 0 atom stereocenters. The quantitative estimate of drug-likeness (QED) is 0.308. The number of fused-ring (bicyclic) bond motifs is 1. The highest BCUT2D eigenvalue weighted by atomic mass is 32.1. The molecule has 0 saturated carbocycles. The predicted molar refractivity (Wildman–Crippen MR) is 126 cm³/mol. The second kappa shape index (κ2) is 10.4. The fourth-order valence-electron chi connectivity index (χ4n) is 3.00. The molecule has 2 aromatic carbocycles. The highest BCUT2D eigenvalue weighted by molar-refractivity contribution is 7.13. The summed E-state index contributed by atoms with van der Waals surface area (Å²) in [5.41, 5.74) is 4.13. The summed E-state index contributed by atoms with van der Waals surface area (Å²) in [6.45, 7) is 0. The van der Waals surface area contributed by atoms with Gasteiger partial charge in [-0.2, -0.15) is 13.2 Å². The molecule has 0 radical (unpaired) electrons. The molecule has 0 unspecified atom stereocenters. The molecule has 12 heteroatoms. The largest absolute Gasteiger partial charge is 0.490 e. The van der Waals surface area contributed by atoms with Gasteiger partial charge in [0.2, 0.25) is 0 Å². The van der Waals surface area contributed by atoms with Gasteiger partial charge in [0.1, 0.15) is 16.4 Å². The van der Waals surface area contributed by atoms with Gasteiger partial charge in [-0.25, -0.2) is 9.78 Å². The summed E-state index contributed by atoms with van der Waals surface area (Å²) in [6, 6.07) is 18.8. The minimum absolute atomic E-state index is 0.227. The Bertz CT molecular complexity index is 1500. The second-order valence-electron chi connectivity index (χ2n) is 7.14. The number of carbonyl (C=O) groups excluding carboxylic acids is 1. The molecule has 0 aliphatic carbocycles. The number of amides is 1. The standard InChI is InChI=1S/C22H14N4O2S.C2HF3O2/c27-21(24-16-7-4-10-23-12-16)15-8-9-19-17(11-15)20(26-28-19)18-13-29-22(25-18)14-5-2-1-3-6-14;3-2(4,5)1(6)7/h1-13H,(H,24,27);(H,6,7). The molecule has 1 amide bonds. The maximum atomic E-state index is 12.6. The number of pyridine rings is 1. The number of carboxylic acid groups (broad SMARTS) is 1. The Hall–Kier alpha value is -4.58. The third kappa shape index (κ3) is 5.73. The third-order valence-corrected chi connectivity index (χ3v) is 5.55. The Morgan fingerprint density at radius 3 is 2.44 bits per heavy atom. The van der Waals surface area contributed by atoms with E-state index >= 15 is 0 Å². The maximum absolute atomic E-state index is 12.6. The molecule has 5 rings (SSSR count). The zero-order valence-electron chi connectivity index (χ0n) is 18.1. The van der Waals surface area contributed by atoms with E-state index in [1.54, 1.807) is 54.1 Å². The lowest BCUT2D eigenvalue weighted by molar-refractivity contribution is -0.192. The maximum Gasteiger partial charge on any atom is 0.490 e. The molecule has 0 saturated heterocycles. The number of nitrogens with zero attached hydrogens (tertiary/aromatic N) is 3. The van der Waals surface area contributed by atoms with E-state index in [4.69, 9.17) is 19.4 Å². The number of aromatic nitrogens is 3. The van der Waals surface area contributed by atoms with E-state index in [0.717, 1.165) is 21.7 Å². The van der Waals surface area contributed by atoms with Crippen LogP contribution in [0.25, 0.3) is 32.9 Å². The fraction of sp³-hybridized carbons (Fsp3) is 0.0417. The van der Waals surface area contributed by atoms with Crippen LogP contribution >= 0.6 is 11.3 Å². The number of benzene rings is 2. The topological polar surface area (TPSA) is 118 Å². The molecule has 36 heavy (non-hydrogen) atoms. The number of rotatable bonds is 4. The first kappa shape index (κ1) is 24.5. The van der Waals surface area contributed by atoms with Gasteiger partial charge in [-0.1, -0.05) is 35.5 Å². The van der Waals surface area contributed by atoms with Crippen molar-refractivity contribution in [1.29, 1.82) is 0 Å². The minimum atomic E-state index is -5.08. The Kier molecular flexibility index (Phi) is 7.06. The normalized spacial score (nSPS) is 11.0. The van der Waals surface area contributed by atoms with Crippen LogP contribution in [0.15, 0.2) is 83.0 Å². The van der Waals surface area contributed by atoms with Gasteiger partial charge in [0.15, 0.2) is 5.58 Å². The van der Waals surface area contributed by atoms with Gasteiger partial charge in [0.25, 0.3) is 5.91 Å². The van der Waals surface area contributed by atoms with E-state index < -0.39 is 12.1 Å². The molecule has 0 fully saturated rings. The monoisotopic (exact) mass is 512 g/mol. The molecule has 5 aromatic rings. The number of halogens is 3. The van der Waals surface area contributed by atoms with Crippen molar-refractivity contribution in [2.75, 3.05) is 5.32 Å². The Balaban J connectivity index is 0.000000384. The van der Waals surface area contributed by atoms with E-state index in [1.807, 2.05) is 35.7 Å². The first-order valence-corrected chi connectivity index (χ1v) is 11.0. The van der Waals surface area contributed by atoms with Crippen molar-refractivity contribution in [2.45, 2.75) is 6.18 Å². The molecular weight excluding hydrogens is 497 g/mol. The fourth-order valence-corrected chi connectivity index (χ4v) is 3.81. The summed E-state index contributed by atoms with van der Waals surface area (Å²) in [5.74, 6) is -2.98. The van der Waals surface area contributed by atoms with Gasteiger partial charge in [-0.3, -0.25) is 9.78 Å². The van der Waals surface area contributed by atoms with Crippen molar-refractivity contribution in [1.82, 2.24) is 15.1 Å². The van der Waals surface area contributed by atoms with Crippen molar-refractivity contribution in [3.05, 3.63) is 84.0 Å². The van der Waals surface area contributed by atoms with E-state index in [9.17, 15) is 18.0 Å². The van der Waals surface area contributed by atoms with Crippen LogP contribution in [0, 0.1) is 0 Å². The molecule has 0 bridgehead atoms. The van der Waals surface area contributed by atoms with Crippen molar-refractivity contribution >= 4 is 39.9 Å². The zero-order chi connectivity index (χ0) is 25.7. The predicted octanol–water partition coefficient (Wildman–Crippen LogP) is 5.90. The van der Waals surface area contributed by atoms with Gasteiger partial charge in [0, 0.05) is 22.7 Å². The molecular formula is C24H15F3N4O4S. The van der Waals surface area contributed by atoms with E-state index in [1.165, 1.54) is 0 Å². The van der Waals surface area contributed by atoms with E-state index in [-0.39, 0.29) is 5.91 Å². The molecule has 0 aliphatic heterocycles. The van der Waals surface area contributed by atoms with Crippen LogP contribution in [0.5, 0.6) is 0 Å². The summed E-state index contributed by atoms with van der Waals surface area (Å²) in [6.07, 6.45) is -1.83. The van der Waals surface area contributed by atoms with Crippen LogP contribution in [-0.4, -0.2) is 38.3 Å². The number of carboxylic acids is 1. The van der Waals surface area contributed by atoms with Crippen molar-refractivity contribution in [3.8, 4) is 22.0 Å². The Morgan fingerprint density at radius 1 is 1.03 bits per heavy atom. The van der Waals surface area contributed by atoms with Crippen LogP contribution in [0.2, 0.25) is 0 Å². The number of hydrogen-bond donors (Lipinski definition) is 2. The Labute approximate surface area is 205 Å². The Morgan fingerprint density at radius 2 is 1.78 bits per heavy atom. The van der Waals surface area contributed by atoms with Crippen molar-refractivity contribution < 1.29 is 32.4 Å². The minimum Gasteiger partial charge on any atom is -0.475 e. The number of carbonyl (C=O) groups is 2. The van der Waals surface area contributed by atoms with Gasteiger partial charge in [-0.05, 0) is 30.3 Å². The molecule has 2 N–H and O–H groups in total. The van der Waals surface area contributed by atoms with Crippen LogP contribution < -0.4 is 5.32 Å². The highest BCUT2D eigenvalue weighted by Crippen LogP contribution is 2.33. The molecule has 0 spiro atoms. The van der Waals surface area contributed by atoms with Crippen LogP contribution in [0.4, 0.5) is 18.9 Å². The lowest BCUT2D eigenvalue weighted by Gasteiger charge is -2.04. The van der Waals surface area contributed by atoms with E-state index in [0.29, 0.717) is 22.5 Å². The number of aliphatic carboxylic acids is 1. The molecule has 8 nitrogen and oxygen atoms in total. The first-order valence-electron chi connectivity index (χ1n) is 10.1. The molecule has 0 aliphatic rings. The first-order chi connectivity index (χ1) is 17.2. The van der Waals surface area contributed by atoms with Crippen molar-refractivity contribution in [3.63, 3.8) is 0 Å². The van der Waals surface area contributed by atoms with E-state index in [2.05, 4.69) is 15.5 Å². The number of alkyl halides is 3. The molecule has 3 aromatic heterocycles. The number of anilines is 1. The van der Waals surface area contributed by atoms with Gasteiger partial charge in [-0.15, -0.1) is 11.3 Å². The van der Waals surface area contributed by atoms with Gasteiger partial charge >= 0.3 is 12.1 Å². The highest BCUT2D eigenvalue weighted by Gasteiger charge is 2.38. The van der Waals surface area contributed by atoms with Crippen LogP contribution in [0.1, 0.15) is 10.4 Å². The smallest absolute Gasteiger partial charge is 0.475 e. The summed E-state index contributed by atoms with van der Waals surface area (Å²) in [4.78, 5) is 30.2. The number of nitrogens with one attached hydrogen (secondary N) is 1. The van der Waals surface area contributed by atoms with Gasteiger partial charge < -0.3 is 14.9 Å². The summed E-state index contributed by atoms with van der Waals surface area (Å²) in [7, 11) is 0. The zero-order valence-corrected chi connectivity index (χ0v) is 18.9. The number of thiazole rings is 1. The molecule has 3 heterocycles. The van der Waals surface area contributed by atoms with Gasteiger partial charge in [0.05, 0.1) is 17.3 Å². The average molecular weight is 512 g/mol.